The van der Waals surface area contributed by atoms with Crippen LogP contribution in [0.25, 0.3) is 22.6 Å². The zero-order valence-corrected chi connectivity index (χ0v) is 18.0. The average molecular weight is 457 g/mol. The van der Waals surface area contributed by atoms with Crippen LogP contribution in [-0.2, 0) is 17.8 Å². The summed E-state index contributed by atoms with van der Waals surface area (Å²) in [4.78, 5) is 10.1. The Morgan fingerprint density at radius 3 is 2.23 bits per heavy atom. The minimum Gasteiger partial charge on any atom is -0.376 e. The lowest BCUT2D eigenvalue weighted by Gasteiger charge is -2.27. The van der Waals surface area contributed by atoms with Gasteiger partial charge in [0.1, 0.15) is 0 Å². The molecule has 148 valence electrons. The van der Waals surface area contributed by atoms with Crippen LogP contribution >= 0.6 is 15.9 Å². The van der Waals surface area contributed by atoms with Crippen molar-refractivity contribution in [3.63, 3.8) is 0 Å². The highest BCUT2D eigenvalue weighted by Crippen LogP contribution is 2.35. The van der Waals surface area contributed by atoms with Crippen LogP contribution in [-0.4, -0.2) is 16.6 Å². The van der Waals surface area contributed by atoms with Gasteiger partial charge in [0.2, 0.25) is 0 Å². The summed E-state index contributed by atoms with van der Waals surface area (Å²) < 4.78 is 7.06. The highest BCUT2D eigenvalue weighted by Gasteiger charge is 2.27. The second kappa shape index (κ2) is 8.50. The van der Waals surface area contributed by atoms with E-state index in [9.17, 15) is 0 Å². The topological polar surface area (TPSA) is 35.0 Å². The summed E-state index contributed by atoms with van der Waals surface area (Å²) in [5, 5.41) is 0. The number of ether oxygens (including phenoxy) is 1. The molecule has 0 saturated carbocycles. The van der Waals surface area contributed by atoms with Gasteiger partial charge in [-0.15, -0.1) is 0 Å². The van der Waals surface area contributed by atoms with E-state index in [2.05, 4.69) is 70.5 Å². The van der Waals surface area contributed by atoms with Crippen LogP contribution in [0, 0.1) is 0 Å². The van der Waals surface area contributed by atoms with Gasteiger partial charge in [0.25, 0.3) is 0 Å². The lowest BCUT2D eigenvalue weighted by atomic mass is 9.90. The van der Waals surface area contributed by atoms with E-state index in [1.54, 1.807) is 0 Å². The molecule has 4 heteroatoms. The van der Waals surface area contributed by atoms with Gasteiger partial charge < -0.3 is 4.74 Å². The van der Waals surface area contributed by atoms with Gasteiger partial charge >= 0.3 is 0 Å². The third kappa shape index (κ3) is 3.93. The van der Waals surface area contributed by atoms with Gasteiger partial charge in [-0.3, -0.25) is 0 Å². The quantitative estimate of drug-likeness (QED) is 0.354. The number of fused-ring (bicyclic) bond motifs is 1. The molecule has 0 saturated heterocycles. The molecule has 5 rings (SSSR count). The SMILES string of the molecule is Brc1ccc(-c2nc(-c3ccccc3)c3c(n2)C(Cc2ccccc2)COC3)cc1. The van der Waals surface area contributed by atoms with E-state index in [4.69, 9.17) is 14.7 Å². The fraction of sp³-hybridized carbons (Fsp3) is 0.154. The first-order valence-electron chi connectivity index (χ1n) is 10.1. The van der Waals surface area contributed by atoms with Gasteiger partial charge in [-0.2, -0.15) is 0 Å². The maximum Gasteiger partial charge on any atom is 0.160 e. The highest BCUT2D eigenvalue weighted by molar-refractivity contribution is 9.10. The number of hydrogen-bond donors (Lipinski definition) is 0. The van der Waals surface area contributed by atoms with Crippen LogP contribution in [0.3, 0.4) is 0 Å². The van der Waals surface area contributed by atoms with Crippen molar-refractivity contribution in [2.45, 2.75) is 18.9 Å². The molecule has 30 heavy (non-hydrogen) atoms. The molecule has 2 heterocycles. The summed E-state index contributed by atoms with van der Waals surface area (Å²) in [6, 6.07) is 29.1. The molecule has 0 aliphatic carbocycles. The van der Waals surface area contributed by atoms with Gasteiger partial charge in [0.15, 0.2) is 5.82 Å². The molecule has 0 amide bonds. The van der Waals surface area contributed by atoms with Gasteiger partial charge in [-0.1, -0.05) is 88.7 Å². The molecule has 0 bridgehead atoms. The molecule has 0 N–H and O–H groups in total. The largest absolute Gasteiger partial charge is 0.376 e. The number of hydrogen-bond acceptors (Lipinski definition) is 3. The van der Waals surface area contributed by atoms with E-state index in [1.807, 2.05) is 30.3 Å². The van der Waals surface area contributed by atoms with Gasteiger partial charge in [-0.25, -0.2) is 9.97 Å². The average Bonchev–Trinajstić information content (AvgIpc) is 2.80. The van der Waals surface area contributed by atoms with E-state index in [0.29, 0.717) is 13.2 Å². The van der Waals surface area contributed by atoms with Crippen molar-refractivity contribution in [3.8, 4) is 22.6 Å². The molecule has 3 nitrogen and oxygen atoms in total. The Balaban J connectivity index is 1.65. The molecule has 0 spiro atoms. The van der Waals surface area contributed by atoms with E-state index in [0.717, 1.165) is 44.8 Å². The standard InChI is InChI=1S/C26H21BrN2O/c27-22-13-11-20(12-14-22)26-28-24(19-9-5-2-6-10-19)23-17-30-16-21(25(23)29-26)15-18-7-3-1-4-8-18/h1-14,21H,15-17H2. The maximum atomic E-state index is 6.02. The fourth-order valence-corrected chi connectivity index (χ4v) is 4.24. The monoisotopic (exact) mass is 456 g/mol. The first kappa shape index (κ1) is 19.2. The van der Waals surface area contributed by atoms with E-state index >= 15 is 0 Å². The van der Waals surface area contributed by atoms with Crippen LogP contribution in [0.4, 0.5) is 0 Å². The molecule has 1 unspecified atom stereocenters. The predicted octanol–water partition coefficient (Wildman–Crippen LogP) is 6.43. The Labute approximate surface area is 184 Å². The Morgan fingerprint density at radius 1 is 0.800 bits per heavy atom. The summed E-state index contributed by atoms with van der Waals surface area (Å²) >= 11 is 3.52. The normalized spacial score (nSPS) is 15.6. The smallest absolute Gasteiger partial charge is 0.160 e. The molecule has 1 atom stereocenters. The van der Waals surface area contributed by atoms with Crippen molar-refractivity contribution in [1.82, 2.24) is 9.97 Å². The van der Waals surface area contributed by atoms with Crippen LogP contribution in [0.2, 0.25) is 0 Å². The van der Waals surface area contributed by atoms with Crippen LogP contribution in [0.5, 0.6) is 0 Å². The molecule has 3 aromatic carbocycles. The molecular weight excluding hydrogens is 436 g/mol. The summed E-state index contributed by atoms with van der Waals surface area (Å²) in [6.45, 7) is 1.22. The molecule has 1 aliphatic rings. The van der Waals surface area contributed by atoms with Gasteiger partial charge in [-0.05, 0) is 24.1 Å². The van der Waals surface area contributed by atoms with Gasteiger partial charge in [0.05, 0.1) is 24.6 Å². The van der Waals surface area contributed by atoms with Crippen LogP contribution in [0.15, 0.2) is 89.4 Å². The van der Waals surface area contributed by atoms with Gasteiger partial charge in [0, 0.05) is 27.1 Å². The minimum atomic E-state index is 0.204. The lowest BCUT2D eigenvalue weighted by molar-refractivity contribution is 0.0891. The van der Waals surface area contributed by atoms with E-state index < -0.39 is 0 Å². The minimum absolute atomic E-state index is 0.204. The second-order valence-corrected chi connectivity index (χ2v) is 8.45. The number of halogens is 1. The Morgan fingerprint density at radius 2 is 1.50 bits per heavy atom. The highest BCUT2D eigenvalue weighted by atomic mass is 79.9. The van der Waals surface area contributed by atoms with Crippen LogP contribution < -0.4 is 0 Å². The maximum absolute atomic E-state index is 6.02. The number of nitrogens with zero attached hydrogens (tertiary/aromatic N) is 2. The third-order valence-corrected chi connectivity index (χ3v) is 5.99. The number of rotatable bonds is 4. The first-order valence-corrected chi connectivity index (χ1v) is 10.9. The first-order chi connectivity index (χ1) is 14.8. The van der Waals surface area contributed by atoms with E-state index in [-0.39, 0.29) is 5.92 Å². The predicted molar refractivity (Wildman–Crippen MR) is 123 cm³/mol. The molecule has 4 aromatic rings. The van der Waals surface area contributed by atoms with Crippen molar-refractivity contribution < 1.29 is 4.74 Å². The Hall–Kier alpha value is -2.82. The summed E-state index contributed by atoms with van der Waals surface area (Å²) in [5.41, 5.74) is 6.59. The molecule has 0 fully saturated rings. The zero-order chi connectivity index (χ0) is 20.3. The molecule has 0 radical (unpaired) electrons. The molecular formula is C26H21BrN2O. The lowest BCUT2D eigenvalue weighted by Crippen LogP contribution is -2.22. The number of benzene rings is 3. The van der Waals surface area contributed by atoms with Crippen LogP contribution in [0.1, 0.15) is 22.7 Å². The summed E-state index contributed by atoms with van der Waals surface area (Å²) in [6.07, 6.45) is 0.902. The van der Waals surface area contributed by atoms with Crippen molar-refractivity contribution >= 4 is 15.9 Å². The summed E-state index contributed by atoms with van der Waals surface area (Å²) in [5.74, 6) is 0.968. The van der Waals surface area contributed by atoms with E-state index in [1.165, 1.54) is 5.56 Å². The van der Waals surface area contributed by atoms with Crippen molar-refractivity contribution in [1.29, 1.82) is 0 Å². The second-order valence-electron chi connectivity index (χ2n) is 7.53. The van der Waals surface area contributed by atoms with Crippen molar-refractivity contribution in [2.24, 2.45) is 0 Å². The summed E-state index contributed by atoms with van der Waals surface area (Å²) in [7, 11) is 0. The molecule has 1 aliphatic heterocycles. The fourth-order valence-electron chi connectivity index (χ4n) is 3.98. The Kier molecular flexibility index (Phi) is 5.43. The Bertz CT molecular complexity index is 1150. The zero-order valence-electron chi connectivity index (χ0n) is 16.5. The van der Waals surface area contributed by atoms with Crippen molar-refractivity contribution in [2.75, 3.05) is 6.61 Å². The number of aromatic nitrogens is 2. The van der Waals surface area contributed by atoms with Crippen molar-refractivity contribution in [3.05, 3.63) is 106 Å². The molecule has 1 aromatic heterocycles. The third-order valence-electron chi connectivity index (χ3n) is 5.47.